The van der Waals surface area contributed by atoms with Gasteiger partial charge in [0, 0.05) is 5.92 Å². The number of methoxy groups -OCH3 is 1. The van der Waals surface area contributed by atoms with Crippen LogP contribution in [-0.2, 0) is 19.2 Å². The van der Waals surface area contributed by atoms with Crippen molar-refractivity contribution in [2.45, 2.75) is 28.5 Å². The van der Waals surface area contributed by atoms with E-state index in [4.69, 9.17) is 27.9 Å². The lowest BCUT2D eigenvalue weighted by Gasteiger charge is -2.50. The van der Waals surface area contributed by atoms with Crippen molar-refractivity contribution in [2.24, 2.45) is 17.8 Å². The summed E-state index contributed by atoms with van der Waals surface area (Å²) in [7, 11) is 1.22. The zero-order valence-electron chi connectivity index (χ0n) is 24.7. The minimum Gasteiger partial charge on any atom is -0.503 e. The summed E-state index contributed by atoms with van der Waals surface area (Å²) in [6.45, 7) is 0. The standard InChI is InChI=1S/C33H20BrCl2F5N2O6/c1-49-18-10-12(9-17(34)27(18)44)20-14-7-8-15-19(29(46)42(28(15)45)13-5-3-2-4-6-13)16(14)11-32(35)30(47)43(31(48)33(20,32)36)26-24(40)22(38)21(37)23(39)25(26)41/h2-7,9-10,15-16,19-20,44H,8,11H2,1H3. The second kappa shape index (κ2) is 11.3. The molecule has 6 atom stereocenters. The molecule has 1 saturated carbocycles. The summed E-state index contributed by atoms with van der Waals surface area (Å²) in [6, 6.07) is 10.6. The molecule has 8 nitrogen and oxygen atoms in total. The molecule has 3 fully saturated rings. The molecule has 4 aliphatic rings. The van der Waals surface area contributed by atoms with E-state index in [1.807, 2.05) is 0 Å². The highest BCUT2D eigenvalue weighted by molar-refractivity contribution is 9.10. The summed E-state index contributed by atoms with van der Waals surface area (Å²) in [5.41, 5.74) is -1.28. The van der Waals surface area contributed by atoms with Gasteiger partial charge in [0.25, 0.3) is 11.8 Å². The first kappa shape index (κ1) is 33.5. The van der Waals surface area contributed by atoms with Crippen LogP contribution in [0.25, 0.3) is 0 Å². The van der Waals surface area contributed by atoms with Gasteiger partial charge in [0.15, 0.2) is 44.5 Å². The van der Waals surface area contributed by atoms with Crippen molar-refractivity contribution < 1.29 is 51.0 Å². The Kier molecular flexibility index (Phi) is 7.69. The third kappa shape index (κ3) is 4.26. The summed E-state index contributed by atoms with van der Waals surface area (Å²) >= 11 is 17.5. The van der Waals surface area contributed by atoms with Crippen molar-refractivity contribution >= 4 is 74.1 Å². The Morgan fingerprint density at radius 2 is 1.47 bits per heavy atom. The monoisotopic (exact) mass is 784 g/mol. The molecule has 0 radical (unpaired) electrons. The van der Waals surface area contributed by atoms with E-state index in [1.165, 1.54) is 19.2 Å². The van der Waals surface area contributed by atoms with Crippen LogP contribution >= 0.6 is 39.1 Å². The number of carbonyl (C=O) groups excluding carboxylic acids is 4. The number of alkyl halides is 2. The van der Waals surface area contributed by atoms with Gasteiger partial charge in [-0.2, -0.15) is 0 Å². The van der Waals surface area contributed by atoms with Crippen LogP contribution in [0, 0.1) is 46.8 Å². The van der Waals surface area contributed by atoms with E-state index < -0.39 is 98.2 Å². The number of nitrogens with zero attached hydrogens (tertiary/aromatic N) is 2. The number of halogens is 8. The quantitative estimate of drug-likeness (QED) is 0.0797. The van der Waals surface area contributed by atoms with Crippen molar-refractivity contribution in [3.05, 3.63) is 93.2 Å². The number of allylic oxidation sites excluding steroid dienone is 2. The van der Waals surface area contributed by atoms with E-state index >= 15 is 8.78 Å². The van der Waals surface area contributed by atoms with Crippen molar-refractivity contribution in [3.8, 4) is 11.5 Å². The van der Waals surface area contributed by atoms with Crippen molar-refractivity contribution in [2.75, 3.05) is 16.9 Å². The highest BCUT2D eigenvalue weighted by Gasteiger charge is 2.77. The third-order valence-corrected chi connectivity index (χ3v) is 11.9. The lowest BCUT2D eigenvalue weighted by atomic mass is 9.56. The Morgan fingerprint density at radius 3 is 2.08 bits per heavy atom. The van der Waals surface area contributed by atoms with Gasteiger partial charge in [-0.3, -0.25) is 24.1 Å². The molecular formula is C33H20BrCl2F5N2O6. The number of ether oxygens (including phenoxy) is 1. The molecule has 4 amide bonds. The summed E-state index contributed by atoms with van der Waals surface area (Å²) in [4.78, 5) is 51.8. The van der Waals surface area contributed by atoms with Gasteiger partial charge in [-0.15, -0.1) is 23.2 Å². The normalized spacial score (nSPS) is 29.2. The van der Waals surface area contributed by atoms with E-state index in [2.05, 4.69) is 15.9 Å². The minimum absolute atomic E-state index is 0.0227. The molecule has 3 aromatic rings. The van der Waals surface area contributed by atoms with Gasteiger partial charge in [0.1, 0.15) is 5.69 Å². The molecule has 2 aliphatic carbocycles. The molecule has 6 unspecified atom stereocenters. The number of para-hydroxylation sites is 1. The van der Waals surface area contributed by atoms with E-state index in [0.29, 0.717) is 0 Å². The summed E-state index contributed by atoms with van der Waals surface area (Å²) in [5.74, 6) is -21.9. The second-order valence-corrected chi connectivity index (χ2v) is 14.2. The maximum Gasteiger partial charge on any atom is 0.258 e. The Balaban J connectivity index is 1.46. The van der Waals surface area contributed by atoms with Crippen LogP contribution in [0.4, 0.5) is 33.3 Å². The molecule has 0 bridgehead atoms. The van der Waals surface area contributed by atoms with Crippen LogP contribution in [0.5, 0.6) is 11.5 Å². The highest BCUT2D eigenvalue weighted by atomic mass is 79.9. The highest BCUT2D eigenvalue weighted by Crippen LogP contribution is 2.66. The first-order valence-electron chi connectivity index (χ1n) is 14.6. The van der Waals surface area contributed by atoms with E-state index in [9.17, 15) is 37.5 Å². The van der Waals surface area contributed by atoms with Gasteiger partial charge in [0.2, 0.25) is 17.6 Å². The number of carbonyl (C=O) groups is 4. The molecule has 254 valence electrons. The minimum atomic E-state index is -2.72. The molecule has 0 aromatic heterocycles. The predicted molar refractivity (Wildman–Crippen MR) is 168 cm³/mol. The van der Waals surface area contributed by atoms with Crippen LogP contribution < -0.4 is 14.5 Å². The molecule has 7 rings (SSSR count). The van der Waals surface area contributed by atoms with Crippen LogP contribution in [0.15, 0.2) is 58.6 Å². The average Bonchev–Trinajstić information content (AvgIpc) is 3.42. The number of fused-ring (bicyclic) bond motifs is 4. The second-order valence-electron chi connectivity index (χ2n) is 12.1. The summed E-state index contributed by atoms with van der Waals surface area (Å²) in [5, 5.41) is 10.6. The number of benzene rings is 3. The van der Waals surface area contributed by atoms with Gasteiger partial charge < -0.3 is 9.84 Å². The topological polar surface area (TPSA) is 104 Å². The van der Waals surface area contributed by atoms with Gasteiger partial charge in [0.05, 0.1) is 29.1 Å². The zero-order chi connectivity index (χ0) is 35.5. The number of hydrogen-bond acceptors (Lipinski definition) is 6. The molecule has 16 heteroatoms. The molecule has 2 saturated heterocycles. The van der Waals surface area contributed by atoms with E-state index in [1.54, 1.807) is 36.4 Å². The number of imide groups is 2. The molecule has 2 aliphatic heterocycles. The zero-order valence-corrected chi connectivity index (χ0v) is 27.8. The third-order valence-electron chi connectivity index (χ3n) is 9.84. The number of phenols is 1. The molecular weight excluding hydrogens is 766 g/mol. The first-order valence-corrected chi connectivity index (χ1v) is 16.1. The Morgan fingerprint density at radius 1 is 0.857 bits per heavy atom. The fourth-order valence-electron chi connectivity index (χ4n) is 7.69. The van der Waals surface area contributed by atoms with Gasteiger partial charge in [-0.1, -0.05) is 29.8 Å². The molecule has 0 spiro atoms. The van der Waals surface area contributed by atoms with Crippen LogP contribution in [0.3, 0.4) is 0 Å². The number of phenolic OH excluding ortho intramolecular Hbond substituents is 1. The van der Waals surface area contributed by atoms with E-state index in [0.717, 1.165) is 4.90 Å². The molecule has 2 heterocycles. The predicted octanol–water partition coefficient (Wildman–Crippen LogP) is 6.63. The number of hydrogen-bond donors (Lipinski definition) is 1. The fourth-order valence-corrected chi connectivity index (χ4v) is 9.08. The van der Waals surface area contributed by atoms with Gasteiger partial charge in [-0.05, 0) is 64.5 Å². The number of aromatic hydroxyl groups is 1. The first-order chi connectivity index (χ1) is 23.1. The van der Waals surface area contributed by atoms with Crippen LogP contribution in [-0.4, -0.2) is 45.6 Å². The number of anilines is 2. The summed E-state index contributed by atoms with van der Waals surface area (Å²) < 4.78 is 78.6. The van der Waals surface area contributed by atoms with Gasteiger partial charge >= 0.3 is 0 Å². The Hall–Kier alpha value is -4.01. The van der Waals surface area contributed by atoms with E-state index in [-0.39, 0.29) is 44.1 Å². The fraction of sp³-hybridized carbons (Fsp3) is 0.273. The van der Waals surface area contributed by atoms with Gasteiger partial charge in [-0.25, -0.2) is 26.9 Å². The lowest BCUT2D eigenvalue weighted by molar-refractivity contribution is -0.125. The smallest absolute Gasteiger partial charge is 0.258 e. The Bertz CT molecular complexity index is 2040. The largest absolute Gasteiger partial charge is 0.503 e. The molecule has 3 aromatic carbocycles. The summed E-state index contributed by atoms with van der Waals surface area (Å²) in [6.07, 6.45) is 0.905. The molecule has 1 N–H and O–H groups in total. The Labute approximate surface area is 292 Å². The van der Waals surface area contributed by atoms with Crippen LogP contribution in [0.1, 0.15) is 24.3 Å². The SMILES string of the molecule is COc1cc(C2C3=CCC4C(=O)N(c5ccccc5)C(=O)C4C3CC3(Cl)C(=O)N(c4c(F)c(F)c(F)c(F)c4F)C(=O)C23Cl)cc(Br)c1O. The number of amides is 4. The lowest BCUT2D eigenvalue weighted by Crippen LogP contribution is -2.60. The van der Waals surface area contributed by atoms with Crippen molar-refractivity contribution in [1.29, 1.82) is 0 Å². The average molecular weight is 786 g/mol. The maximum absolute atomic E-state index is 15.2. The molecule has 49 heavy (non-hydrogen) atoms. The van der Waals surface area contributed by atoms with Crippen molar-refractivity contribution in [1.82, 2.24) is 0 Å². The van der Waals surface area contributed by atoms with Crippen LogP contribution in [0.2, 0.25) is 0 Å². The maximum atomic E-state index is 15.2. The van der Waals surface area contributed by atoms with Crippen molar-refractivity contribution in [3.63, 3.8) is 0 Å². The number of rotatable bonds is 4.